The van der Waals surface area contributed by atoms with Gasteiger partial charge in [0.1, 0.15) is 6.33 Å². The third kappa shape index (κ3) is 1.88. The fourth-order valence-corrected chi connectivity index (χ4v) is 1.82. The molecular formula is C10H16N4O2. The first kappa shape index (κ1) is 10.9. The highest BCUT2D eigenvalue weighted by Gasteiger charge is 2.24. The second-order valence-corrected chi connectivity index (χ2v) is 3.73. The van der Waals surface area contributed by atoms with E-state index in [1.807, 2.05) is 0 Å². The lowest BCUT2D eigenvalue weighted by molar-refractivity contribution is 0.0982. The molecule has 6 heteroatoms. The Labute approximate surface area is 94.4 Å². The van der Waals surface area contributed by atoms with Crippen LogP contribution in [0.2, 0.25) is 0 Å². The summed E-state index contributed by atoms with van der Waals surface area (Å²) in [6.45, 7) is 4.25. The molecule has 1 aliphatic heterocycles. The van der Waals surface area contributed by atoms with E-state index < -0.39 is 0 Å². The van der Waals surface area contributed by atoms with E-state index in [0.29, 0.717) is 24.8 Å². The Kier molecular flexibility index (Phi) is 3.09. The van der Waals surface area contributed by atoms with Gasteiger partial charge in [0.2, 0.25) is 5.75 Å². The van der Waals surface area contributed by atoms with Crippen molar-refractivity contribution in [2.45, 2.75) is 13.0 Å². The molecule has 1 saturated heterocycles. The summed E-state index contributed by atoms with van der Waals surface area (Å²) in [5.41, 5.74) is 5.75. The van der Waals surface area contributed by atoms with Crippen LogP contribution in [0.4, 0.5) is 11.6 Å². The van der Waals surface area contributed by atoms with Crippen molar-refractivity contribution in [1.82, 2.24) is 9.97 Å². The van der Waals surface area contributed by atoms with Crippen LogP contribution in [0.3, 0.4) is 0 Å². The van der Waals surface area contributed by atoms with E-state index in [0.717, 1.165) is 12.4 Å². The van der Waals surface area contributed by atoms with Crippen LogP contribution in [0.5, 0.6) is 5.75 Å². The largest absolute Gasteiger partial charge is 0.490 e. The summed E-state index contributed by atoms with van der Waals surface area (Å²) in [5, 5.41) is 0. The summed E-state index contributed by atoms with van der Waals surface area (Å²) in [5.74, 6) is 1.65. The molecule has 0 spiro atoms. The topological polar surface area (TPSA) is 73.5 Å². The summed E-state index contributed by atoms with van der Waals surface area (Å²) in [6, 6.07) is 0.261. The Hall–Kier alpha value is -1.56. The number of aromatic nitrogens is 2. The fraction of sp³-hybridized carbons (Fsp3) is 0.600. The van der Waals surface area contributed by atoms with E-state index in [1.165, 1.54) is 6.33 Å². The van der Waals surface area contributed by atoms with Gasteiger partial charge in [0, 0.05) is 6.54 Å². The van der Waals surface area contributed by atoms with Crippen molar-refractivity contribution in [1.29, 1.82) is 0 Å². The Morgan fingerprint density at radius 3 is 3.06 bits per heavy atom. The third-order valence-corrected chi connectivity index (χ3v) is 2.66. The number of nitrogen functional groups attached to an aromatic ring is 1. The number of ether oxygens (including phenoxy) is 2. The second kappa shape index (κ2) is 4.52. The number of nitrogens with two attached hydrogens (primary N) is 1. The first-order valence-corrected chi connectivity index (χ1v) is 5.23. The molecule has 1 aliphatic rings. The average molecular weight is 224 g/mol. The molecule has 0 aromatic carbocycles. The van der Waals surface area contributed by atoms with Gasteiger partial charge in [-0.1, -0.05) is 0 Å². The first-order valence-electron chi connectivity index (χ1n) is 5.23. The molecule has 2 heterocycles. The summed E-state index contributed by atoms with van der Waals surface area (Å²) in [4.78, 5) is 10.3. The van der Waals surface area contributed by atoms with Gasteiger partial charge >= 0.3 is 0 Å². The Morgan fingerprint density at radius 2 is 2.38 bits per heavy atom. The smallest absolute Gasteiger partial charge is 0.204 e. The molecular weight excluding hydrogens is 208 g/mol. The molecule has 1 fully saturated rings. The minimum Gasteiger partial charge on any atom is -0.490 e. The highest BCUT2D eigenvalue weighted by molar-refractivity contribution is 5.63. The lowest BCUT2D eigenvalue weighted by Gasteiger charge is -2.34. The van der Waals surface area contributed by atoms with Gasteiger partial charge in [-0.05, 0) is 6.92 Å². The molecule has 2 N–H and O–H groups in total. The van der Waals surface area contributed by atoms with Gasteiger partial charge in [0.15, 0.2) is 11.6 Å². The van der Waals surface area contributed by atoms with Crippen molar-refractivity contribution >= 4 is 11.6 Å². The minimum atomic E-state index is 0.261. The normalized spacial score (nSPS) is 20.9. The van der Waals surface area contributed by atoms with E-state index in [9.17, 15) is 0 Å². The number of rotatable bonds is 2. The number of nitrogens with zero attached hydrogens (tertiary/aromatic N) is 3. The number of hydrogen-bond acceptors (Lipinski definition) is 6. The quantitative estimate of drug-likeness (QED) is 0.778. The molecule has 88 valence electrons. The van der Waals surface area contributed by atoms with Gasteiger partial charge in [0.05, 0.1) is 26.4 Å². The van der Waals surface area contributed by atoms with Crippen LogP contribution in [0.1, 0.15) is 6.92 Å². The monoisotopic (exact) mass is 224 g/mol. The molecule has 0 amide bonds. The van der Waals surface area contributed by atoms with Gasteiger partial charge in [-0.3, -0.25) is 0 Å². The molecule has 0 saturated carbocycles. The van der Waals surface area contributed by atoms with Gasteiger partial charge < -0.3 is 20.1 Å². The summed E-state index contributed by atoms with van der Waals surface area (Å²) >= 11 is 0. The van der Waals surface area contributed by atoms with E-state index >= 15 is 0 Å². The molecule has 1 atom stereocenters. The van der Waals surface area contributed by atoms with E-state index in [4.69, 9.17) is 15.2 Å². The predicted molar refractivity (Wildman–Crippen MR) is 60.6 cm³/mol. The van der Waals surface area contributed by atoms with Crippen LogP contribution >= 0.6 is 0 Å². The number of methoxy groups -OCH3 is 1. The van der Waals surface area contributed by atoms with Crippen LogP contribution in [0.15, 0.2) is 6.33 Å². The molecule has 6 nitrogen and oxygen atoms in total. The highest BCUT2D eigenvalue weighted by atomic mass is 16.5. The van der Waals surface area contributed by atoms with Crippen molar-refractivity contribution in [2.24, 2.45) is 0 Å². The zero-order valence-corrected chi connectivity index (χ0v) is 9.51. The molecule has 2 rings (SSSR count). The molecule has 16 heavy (non-hydrogen) atoms. The Morgan fingerprint density at radius 1 is 1.56 bits per heavy atom. The standard InChI is InChI=1S/C10H16N4O2/c1-7-5-16-4-3-14(7)10-8(15-2)9(11)12-6-13-10/h6-7H,3-5H2,1-2H3,(H2,11,12,13). The van der Waals surface area contributed by atoms with Crippen molar-refractivity contribution in [2.75, 3.05) is 37.5 Å². The second-order valence-electron chi connectivity index (χ2n) is 3.73. The Balaban J connectivity index is 2.34. The molecule has 0 bridgehead atoms. The maximum atomic E-state index is 5.75. The third-order valence-electron chi connectivity index (χ3n) is 2.66. The average Bonchev–Trinajstić information content (AvgIpc) is 2.29. The van der Waals surface area contributed by atoms with Crippen molar-refractivity contribution in [3.05, 3.63) is 6.33 Å². The summed E-state index contributed by atoms with van der Waals surface area (Å²) in [6.07, 6.45) is 1.45. The van der Waals surface area contributed by atoms with Crippen LogP contribution < -0.4 is 15.4 Å². The molecule has 0 radical (unpaired) electrons. The molecule has 1 aromatic heterocycles. The van der Waals surface area contributed by atoms with Gasteiger partial charge in [-0.15, -0.1) is 0 Å². The lowest BCUT2D eigenvalue weighted by Crippen LogP contribution is -2.44. The summed E-state index contributed by atoms with van der Waals surface area (Å²) in [7, 11) is 1.57. The number of anilines is 2. The van der Waals surface area contributed by atoms with Crippen LogP contribution in [-0.2, 0) is 4.74 Å². The van der Waals surface area contributed by atoms with Gasteiger partial charge in [-0.25, -0.2) is 9.97 Å². The van der Waals surface area contributed by atoms with Crippen molar-refractivity contribution < 1.29 is 9.47 Å². The first-order chi connectivity index (χ1) is 7.74. The van der Waals surface area contributed by atoms with Crippen LogP contribution in [0, 0.1) is 0 Å². The molecule has 1 aromatic rings. The fourth-order valence-electron chi connectivity index (χ4n) is 1.82. The Bertz CT molecular complexity index is 372. The summed E-state index contributed by atoms with van der Waals surface area (Å²) < 4.78 is 10.6. The zero-order valence-electron chi connectivity index (χ0n) is 9.51. The van der Waals surface area contributed by atoms with E-state index in [-0.39, 0.29) is 6.04 Å². The van der Waals surface area contributed by atoms with Gasteiger partial charge in [0.25, 0.3) is 0 Å². The van der Waals surface area contributed by atoms with Gasteiger partial charge in [-0.2, -0.15) is 0 Å². The predicted octanol–water partition coefficient (Wildman–Crippen LogP) is 0.292. The minimum absolute atomic E-state index is 0.261. The lowest BCUT2D eigenvalue weighted by atomic mass is 10.2. The zero-order chi connectivity index (χ0) is 11.5. The maximum absolute atomic E-state index is 5.75. The van der Waals surface area contributed by atoms with Crippen LogP contribution in [-0.4, -0.2) is 42.9 Å². The number of hydrogen-bond donors (Lipinski definition) is 1. The van der Waals surface area contributed by atoms with E-state index in [2.05, 4.69) is 21.8 Å². The molecule has 0 aliphatic carbocycles. The molecule has 1 unspecified atom stereocenters. The van der Waals surface area contributed by atoms with E-state index in [1.54, 1.807) is 7.11 Å². The van der Waals surface area contributed by atoms with Crippen molar-refractivity contribution in [3.63, 3.8) is 0 Å². The van der Waals surface area contributed by atoms with Crippen molar-refractivity contribution in [3.8, 4) is 5.75 Å². The SMILES string of the molecule is COc1c(N)ncnc1N1CCOCC1C. The number of morpholine rings is 1. The van der Waals surface area contributed by atoms with Crippen LogP contribution in [0.25, 0.3) is 0 Å². The maximum Gasteiger partial charge on any atom is 0.204 e. The highest BCUT2D eigenvalue weighted by Crippen LogP contribution is 2.31.